The van der Waals surface area contributed by atoms with Gasteiger partial charge in [0.05, 0.1) is 5.56 Å². The monoisotopic (exact) mass is 430 g/mol. The Morgan fingerprint density at radius 3 is 2.19 bits per heavy atom. The number of carbonyl (C=O) groups excluding carboxylic acids is 2. The predicted molar refractivity (Wildman–Crippen MR) is 119 cm³/mol. The van der Waals surface area contributed by atoms with Crippen LogP contribution in [0.4, 0.5) is 30.6 Å². The molecule has 2 aromatic rings. The van der Waals surface area contributed by atoms with Crippen LogP contribution in [0.2, 0.25) is 0 Å². The Labute approximate surface area is 181 Å². The molecule has 1 aliphatic heterocycles. The first kappa shape index (κ1) is 22.5. The van der Waals surface area contributed by atoms with Crippen molar-refractivity contribution in [3.05, 3.63) is 53.6 Å². The number of benzene rings is 2. The van der Waals surface area contributed by atoms with E-state index in [2.05, 4.69) is 27.8 Å². The number of carbonyl (C=O) groups is 2. The molecule has 0 saturated carbocycles. The summed E-state index contributed by atoms with van der Waals surface area (Å²) in [5.41, 5.74) is 1.85. The third-order valence-electron chi connectivity index (χ3n) is 5.22. The zero-order valence-corrected chi connectivity index (χ0v) is 18.0. The lowest BCUT2D eigenvalue weighted by molar-refractivity contribution is 0.0943. The van der Waals surface area contributed by atoms with Gasteiger partial charge in [0.1, 0.15) is 0 Å². The van der Waals surface area contributed by atoms with Gasteiger partial charge in [-0.05, 0) is 62.9 Å². The second-order valence-corrected chi connectivity index (χ2v) is 8.24. The lowest BCUT2D eigenvalue weighted by Crippen LogP contribution is -2.36. The summed E-state index contributed by atoms with van der Waals surface area (Å²) in [6.07, 6.45) is 2.11. The van der Waals surface area contributed by atoms with E-state index in [9.17, 15) is 18.4 Å². The number of halogens is 2. The van der Waals surface area contributed by atoms with Crippen molar-refractivity contribution in [3.63, 3.8) is 0 Å². The number of nitrogens with one attached hydrogen (secondary N) is 3. The Morgan fingerprint density at radius 2 is 1.58 bits per heavy atom. The van der Waals surface area contributed by atoms with E-state index in [1.54, 1.807) is 12.1 Å². The van der Waals surface area contributed by atoms with Crippen molar-refractivity contribution in [1.82, 2.24) is 5.32 Å². The van der Waals surface area contributed by atoms with Crippen molar-refractivity contribution in [2.45, 2.75) is 39.7 Å². The third kappa shape index (κ3) is 5.93. The second-order valence-electron chi connectivity index (χ2n) is 8.24. The van der Waals surface area contributed by atoms with Gasteiger partial charge in [0.25, 0.3) is 5.91 Å². The summed E-state index contributed by atoms with van der Waals surface area (Å²) in [7, 11) is 0. The van der Waals surface area contributed by atoms with E-state index in [-0.39, 0.29) is 17.6 Å². The van der Waals surface area contributed by atoms with E-state index in [4.69, 9.17) is 0 Å². The molecule has 1 aliphatic rings. The molecule has 8 heteroatoms. The van der Waals surface area contributed by atoms with E-state index in [0.29, 0.717) is 17.2 Å². The number of piperidine rings is 1. The van der Waals surface area contributed by atoms with Gasteiger partial charge in [0.2, 0.25) is 0 Å². The molecule has 0 spiro atoms. The molecule has 1 heterocycles. The molecule has 3 N–H and O–H groups in total. The van der Waals surface area contributed by atoms with E-state index in [1.807, 2.05) is 19.9 Å². The summed E-state index contributed by atoms with van der Waals surface area (Å²) in [4.78, 5) is 27.3. The lowest BCUT2D eigenvalue weighted by atomic mass is 9.97. The average Bonchev–Trinajstić information content (AvgIpc) is 2.71. The van der Waals surface area contributed by atoms with E-state index in [1.165, 1.54) is 6.07 Å². The number of urea groups is 1. The number of anilines is 3. The normalized spacial score (nSPS) is 14.5. The summed E-state index contributed by atoms with van der Waals surface area (Å²) in [6, 6.07) is 7.64. The van der Waals surface area contributed by atoms with Gasteiger partial charge in [-0.1, -0.05) is 6.92 Å². The largest absolute Gasteiger partial charge is 0.371 e. The topological polar surface area (TPSA) is 73.5 Å². The Hall–Kier alpha value is -3.16. The van der Waals surface area contributed by atoms with Crippen molar-refractivity contribution in [2.24, 2.45) is 5.92 Å². The van der Waals surface area contributed by atoms with Crippen molar-refractivity contribution in [1.29, 1.82) is 0 Å². The highest BCUT2D eigenvalue weighted by Gasteiger charge is 2.22. The highest BCUT2D eigenvalue weighted by Crippen LogP contribution is 2.29. The van der Waals surface area contributed by atoms with Gasteiger partial charge < -0.3 is 20.9 Å². The molecular weight excluding hydrogens is 402 g/mol. The van der Waals surface area contributed by atoms with E-state index < -0.39 is 17.7 Å². The SMILES string of the molecule is CC1CCN(c2ccc(NC(=O)Nc3ccc(F)c(F)c3)cc2C(=O)NC(C)C)CC1. The molecule has 1 saturated heterocycles. The Kier molecular flexibility index (Phi) is 7.09. The molecule has 166 valence electrons. The van der Waals surface area contributed by atoms with E-state index >= 15 is 0 Å². The van der Waals surface area contributed by atoms with Crippen LogP contribution >= 0.6 is 0 Å². The first-order valence-electron chi connectivity index (χ1n) is 10.5. The van der Waals surface area contributed by atoms with Gasteiger partial charge in [-0.15, -0.1) is 0 Å². The first-order valence-corrected chi connectivity index (χ1v) is 10.5. The summed E-state index contributed by atoms with van der Waals surface area (Å²) < 4.78 is 26.4. The number of amides is 3. The molecule has 3 amide bonds. The van der Waals surface area contributed by atoms with Crippen LogP contribution in [-0.4, -0.2) is 31.1 Å². The standard InChI is InChI=1S/C23H28F2N4O2/c1-14(2)26-22(30)18-12-16(5-7-21(18)29-10-8-15(3)9-11-29)27-23(31)28-17-4-6-19(24)20(25)13-17/h4-7,12-15H,8-11H2,1-3H3,(H,26,30)(H2,27,28,31). The van der Waals surface area contributed by atoms with Gasteiger partial charge in [-0.2, -0.15) is 0 Å². The highest BCUT2D eigenvalue weighted by molar-refractivity contribution is 6.04. The van der Waals surface area contributed by atoms with Gasteiger partial charge in [-0.25, -0.2) is 13.6 Å². The smallest absolute Gasteiger partial charge is 0.323 e. The fourth-order valence-corrected chi connectivity index (χ4v) is 3.53. The van der Waals surface area contributed by atoms with Crippen LogP contribution in [0.15, 0.2) is 36.4 Å². The van der Waals surface area contributed by atoms with Gasteiger partial charge in [0, 0.05) is 42.3 Å². The molecule has 0 radical (unpaired) electrons. The maximum atomic E-state index is 13.4. The fraction of sp³-hybridized carbons (Fsp3) is 0.391. The Bertz CT molecular complexity index is 957. The maximum absolute atomic E-state index is 13.4. The quantitative estimate of drug-likeness (QED) is 0.626. The molecule has 6 nitrogen and oxygen atoms in total. The van der Waals surface area contributed by atoms with Crippen LogP contribution in [0.1, 0.15) is 44.0 Å². The lowest BCUT2D eigenvalue weighted by Gasteiger charge is -2.33. The third-order valence-corrected chi connectivity index (χ3v) is 5.22. The van der Waals surface area contributed by atoms with Crippen LogP contribution in [0.3, 0.4) is 0 Å². The number of nitrogens with zero attached hydrogens (tertiary/aromatic N) is 1. The predicted octanol–water partition coefficient (Wildman–Crippen LogP) is 4.98. The maximum Gasteiger partial charge on any atom is 0.323 e. The molecule has 0 aliphatic carbocycles. The summed E-state index contributed by atoms with van der Waals surface area (Å²) >= 11 is 0. The summed E-state index contributed by atoms with van der Waals surface area (Å²) in [5, 5.41) is 8.01. The molecule has 0 bridgehead atoms. The number of hydrogen-bond acceptors (Lipinski definition) is 3. The summed E-state index contributed by atoms with van der Waals surface area (Å²) in [6.45, 7) is 7.73. The molecule has 0 aromatic heterocycles. The Balaban J connectivity index is 1.79. The molecular formula is C23H28F2N4O2. The van der Waals surface area contributed by atoms with Gasteiger partial charge in [0.15, 0.2) is 11.6 Å². The first-order chi connectivity index (χ1) is 14.7. The zero-order valence-electron chi connectivity index (χ0n) is 18.0. The van der Waals surface area contributed by atoms with Crippen LogP contribution in [-0.2, 0) is 0 Å². The minimum absolute atomic E-state index is 0.0324. The van der Waals surface area contributed by atoms with E-state index in [0.717, 1.165) is 43.8 Å². The number of hydrogen-bond donors (Lipinski definition) is 3. The van der Waals surface area contributed by atoms with Crippen molar-refractivity contribution >= 4 is 29.0 Å². The molecule has 3 rings (SSSR count). The second kappa shape index (κ2) is 9.76. The minimum atomic E-state index is -1.05. The molecule has 0 atom stereocenters. The molecule has 2 aromatic carbocycles. The van der Waals surface area contributed by atoms with Gasteiger partial charge >= 0.3 is 6.03 Å². The fourth-order valence-electron chi connectivity index (χ4n) is 3.53. The van der Waals surface area contributed by atoms with Crippen molar-refractivity contribution in [3.8, 4) is 0 Å². The summed E-state index contributed by atoms with van der Waals surface area (Å²) in [5.74, 6) is -1.60. The van der Waals surface area contributed by atoms with Crippen molar-refractivity contribution < 1.29 is 18.4 Å². The van der Waals surface area contributed by atoms with Crippen LogP contribution in [0.5, 0.6) is 0 Å². The molecule has 31 heavy (non-hydrogen) atoms. The van der Waals surface area contributed by atoms with Crippen LogP contribution in [0.25, 0.3) is 0 Å². The molecule has 1 fully saturated rings. The van der Waals surface area contributed by atoms with Crippen LogP contribution in [0, 0.1) is 17.6 Å². The highest BCUT2D eigenvalue weighted by atomic mass is 19.2. The number of rotatable bonds is 5. The van der Waals surface area contributed by atoms with Gasteiger partial charge in [-0.3, -0.25) is 4.79 Å². The molecule has 0 unspecified atom stereocenters. The van der Waals surface area contributed by atoms with Crippen LogP contribution < -0.4 is 20.9 Å². The zero-order chi connectivity index (χ0) is 22.5. The average molecular weight is 430 g/mol. The van der Waals surface area contributed by atoms with Crippen molar-refractivity contribution in [2.75, 3.05) is 28.6 Å². The Morgan fingerprint density at radius 1 is 0.968 bits per heavy atom. The minimum Gasteiger partial charge on any atom is -0.371 e.